The molecule has 0 aliphatic carbocycles. The van der Waals surface area contributed by atoms with Crippen molar-refractivity contribution in [1.82, 2.24) is 10.2 Å². The van der Waals surface area contributed by atoms with Gasteiger partial charge in [0, 0.05) is 12.1 Å². The summed E-state index contributed by atoms with van der Waals surface area (Å²) in [7, 11) is 0. The van der Waals surface area contributed by atoms with Gasteiger partial charge < -0.3 is 15.3 Å². The lowest BCUT2D eigenvalue weighted by atomic mass is 10.1. The molecular weight excluding hydrogens is 288 g/mol. The highest BCUT2D eigenvalue weighted by Gasteiger charge is 2.28. The summed E-state index contributed by atoms with van der Waals surface area (Å²) in [6.07, 6.45) is 2.70. The number of benzene rings is 1. The molecule has 21 heavy (non-hydrogen) atoms. The van der Waals surface area contributed by atoms with Gasteiger partial charge in [0.25, 0.3) is 5.91 Å². The number of nitrogens with zero attached hydrogens (tertiary/aromatic N) is 1. The number of carbonyl (C=O) groups excluding carboxylic acids is 2. The summed E-state index contributed by atoms with van der Waals surface area (Å²) in [5, 5.41) is 12.0. The van der Waals surface area contributed by atoms with Gasteiger partial charge in [-0.1, -0.05) is 18.2 Å². The van der Waals surface area contributed by atoms with Crippen molar-refractivity contribution in [2.75, 3.05) is 25.2 Å². The lowest BCUT2D eigenvalue weighted by Crippen LogP contribution is -2.44. The Morgan fingerprint density at radius 1 is 1.48 bits per heavy atom. The number of fused-ring (bicyclic) bond motifs is 1. The smallest absolute Gasteiger partial charge is 0.254 e. The van der Waals surface area contributed by atoms with Gasteiger partial charge in [-0.3, -0.25) is 9.59 Å². The van der Waals surface area contributed by atoms with E-state index in [2.05, 4.69) is 5.32 Å². The monoisotopic (exact) mass is 308 g/mol. The van der Waals surface area contributed by atoms with Gasteiger partial charge in [0.05, 0.1) is 12.6 Å². The van der Waals surface area contributed by atoms with Gasteiger partial charge in [-0.2, -0.15) is 11.8 Å². The highest BCUT2D eigenvalue weighted by molar-refractivity contribution is 7.98. The minimum atomic E-state index is -0.245. The summed E-state index contributed by atoms with van der Waals surface area (Å²) >= 11 is 1.67. The van der Waals surface area contributed by atoms with Gasteiger partial charge in [-0.15, -0.1) is 0 Å². The molecule has 2 rings (SSSR count). The Hall–Kier alpha value is -1.53. The first-order valence-electron chi connectivity index (χ1n) is 6.92. The quantitative estimate of drug-likeness (QED) is 0.784. The average molecular weight is 308 g/mol. The second-order valence-corrected chi connectivity index (χ2v) is 6.03. The second-order valence-electron chi connectivity index (χ2n) is 5.05. The number of hydrogen-bond donors (Lipinski definition) is 2. The van der Waals surface area contributed by atoms with E-state index in [0.717, 1.165) is 17.7 Å². The van der Waals surface area contributed by atoms with Crippen LogP contribution in [0.2, 0.25) is 0 Å². The zero-order valence-corrected chi connectivity index (χ0v) is 12.9. The number of carbonyl (C=O) groups is 2. The number of aliphatic hydroxyl groups excluding tert-OH is 1. The molecule has 5 nitrogen and oxygen atoms in total. The molecule has 1 aliphatic heterocycles. The molecule has 0 unspecified atom stereocenters. The van der Waals surface area contributed by atoms with E-state index < -0.39 is 0 Å². The van der Waals surface area contributed by atoms with E-state index in [0.29, 0.717) is 12.1 Å². The standard InChI is InChI=1S/C15H20N2O3S/c1-21-7-6-12(10-18)16-14(19)9-17-8-11-4-2-3-5-13(11)15(17)20/h2-5,12,18H,6-10H2,1H3,(H,16,19)/t12-/m1/s1. The third-order valence-electron chi connectivity index (χ3n) is 3.49. The molecule has 1 aromatic rings. The van der Waals surface area contributed by atoms with Crippen LogP contribution >= 0.6 is 11.8 Å². The predicted molar refractivity (Wildman–Crippen MR) is 83.2 cm³/mol. The maximum Gasteiger partial charge on any atom is 0.254 e. The van der Waals surface area contributed by atoms with E-state index in [9.17, 15) is 14.7 Å². The summed E-state index contributed by atoms with van der Waals surface area (Å²) in [5.41, 5.74) is 1.63. The van der Waals surface area contributed by atoms with Gasteiger partial charge >= 0.3 is 0 Å². The van der Waals surface area contributed by atoms with Crippen molar-refractivity contribution in [2.24, 2.45) is 0 Å². The maximum absolute atomic E-state index is 12.2. The number of thioether (sulfide) groups is 1. The van der Waals surface area contributed by atoms with E-state index in [1.807, 2.05) is 24.5 Å². The molecule has 114 valence electrons. The highest BCUT2D eigenvalue weighted by atomic mass is 32.2. The highest BCUT2D eigenvalue weighted by Crippen LogP contribution is 2.21. The van der Waals surface area contributed by atoms with Crippen molar-refractivity contribution in [3.8, 4) is 0 Å². The molecular formula is C15H20N2O3S. The van der Waals surface area contributed by atoms with Crippen LogP contribution in [-0.2, 0) is 11.3 Å². The van der Waals surface area contributed by atoms with Crippen LogP contribution in [0, 0.1) is 0 Å². The van der Waals surface area contributed by atoms with Crippen molar-refractivity contribution >= 4 is 23.6 Å². The van der Waals surface area contributed by atoms with Crippen molar-refractivity contribution < 1.29 is 14.7 Å². The summed E-state index contributed by atoms with van der Waals surface area (Å²) < 4.78 is 0. The van der Waals surface area contributed by atoms with Crippen molar-refractivity contribution in [2.45, 2.75) is 19.0 Å². The summed E-state index contributed by atoms with van der Waals surface area (Å²) in [4.78, 5) is 25.7. The van der Waals surface area contributed by atoms with E-state index >= 15 is 0 Å². The molecule has 1 aromatic carbocycles. The molecule has 1 aliphatic rings. The van der Waals surface area contributed by atoms with Crippen LogP contribution in [0.5, 0.6) is 0 Å². The number of hydrogen-bond acceptors (Lipinski definition) is 4. The number of amides is 2. The first-order chi connectivity index (χ1) is 10.2. The van der Waals surface area contributed by atoms with Crippen LogP contribution < -0.4 is 5.32 Å². The minimum Gasteiger partial charge on any atom is -0.394 e. The zero-order valence-electron chi connectivity index (χ0n) is 12.0. The van der Waals surface area contributed by atoms with Gasteiger partial charge in [-0.05, 0) is 30.1 Å². The topological polar surface area (TPSA) is 69.6 Å². The first kappa shape index (κ1) is 15.9. The van der Waals surface area contributed by atoms with E-state index in [-0.39, 0.29) is 31.0 Å². The summed E-state index contributed by atoms with van der Waals surface area (Å²) in [6.45, 7) is 0.417. The molecule has 0 radical (unpaired) electrons. The van der Waals surface area contributed by atoms with E-state index in [1.165, 1.54) is 4.90 Å². The van der Waals surface area contributed by atoms with E-state index in [4.69, 9.17) is 0 Å². The van der Waals surface area contributed by atoms with Crippen LogP contribution in [0.3, 0.4) is 0 Å². The predicted octanol–water partition coefficient (Wildman–Crippen LogP) is 0.873. The average Bonchev–Trinajstić information content (AvgIpc) is 2.80. The van der Waals surface area contributed by atoms with Crippen LogP contribution in [0.25, 0.3) is 0 Å². The maximum atomic E-state index is 12.2. The van der Waals surface area contributed by atoms with Crippen LogP contribution in [0.4, 0.5) is 0 Å². The Morgan fingerprint density at radius 3 is 2.90 bits per heavy atom. The Balaban J connectivity index is 1.88. The zero-order chi connectivity index (χ0) is 15.2. The molecule has 0 fully saturated rings. The SMILES string of the molecule is CSCC[C@H](CO)NC(=O)CN1Cc2ccccc2C1=O. The molecule has 0 saturated heterocycles. The van der Waals surface area contributed by atoms with Gasteiger partial charge in [0.1, 0.15) is 6.54 Å². The minimum absolute atomic E-state index is 0.0310. The molecule has 2 amide bonds. The fourth-order valence-corrected chi connectivity index (χ4v) is 2.88. The van der Waals surface area contributed by atoms with Gasteiger partial charge in [0.2, 0.25) is 5.91 Å². The largest absolute Gasteiger partial charge is 0.394 e. The van der Waals surface area contributed by atoms with Gasteiger partial charge in [0.15, 0.2) is 0 Å². The van der Waals surface area contributed by atoms with Crippen LogP contribution in [0.15, 0.2) is 24.3 Å². The van der Waals surface area contributed by atoms with Crippen LogP contribution in [-0.4, -0.2) is 53.0 Å². The normalized spacial score (nSPS) is 15.0. The third kappa shape index (κ3) is 3.98. The lowest BCUT2D eigenvalue weighted by molar-refractivity contribution is -0.122. The third-order valence-corrected chi connectivity index (χ3v) is 4.13. The molecule has 6 heteroatoms. The van der Waals surface area contributed by atoms with Gasteiger partial charge in [-0.25, -0.2) is 0 Å². The molecule has 2 N–H and O–H groups in total. The number of nitrogens with one attached hydrogen (secondary N) is 1. The van der Waals surface area contributed by atoms with Crippen molar-refractivity contribution in [3.05, 3.63) is 35.4 Å². The fraction of sp³-hybridized carbons (Fsp3) is 0.467. The number of aliphatic hydroxyl groups is 1. The second kappa shape index (κ2) is 7.47. The molecule has 0 saturated carbocycles. The number of rotatable bonds is 7. The molecule has 0 bridgehead atoms. The Morgan fingerprint density at radius 2 is 2.24 bits per heavy atom. The van der Waals surface area contributed by atoms with Crippen LogP contribution in [0.1, 0.15) is 22.3 Å². The first-order valence-corrected chi connectivity index (χ1v) is 8.31. The molecule has 0 aromatic heterocycles. The van der Waals surface area contributed by atoms with Crippen molar-refractivity contribution in [3.63, 3.8) is 0 Å². The van der Waals surface area contributed by atoms with Crippen molar-refractivity contribution in [1.29, 1.82) is 0 Å². The van der Waals surface area contributed by atoms with E-state index in [1.54, 1.807) is 17.8 Å². The fourth-order valence-electron chi connectivity index (χ4n) is 2.36. The molecule has 0 spiro atoms. The Bertz CT molecular complexity index is 521. The molecule has 1 heterocycles. The summed E-state index contributed by atoms with van der Waals surface area (Å²) in [5.74, 6) is 0.543. The Labute approximate surface area is 128 Å². The summed E-state index contributed by atoms with van der Waals surface area (Å²) in [6, 6.07) is 7.15. The Kier molecular flexibility index (Phi) is 5.64. The molecule has 1 atom stereocenters. The lowest BCUT2D eigenvalue weighted by Gasteiger charge is -2.19.